The van der Waals surface area contributed by atoms with Gasteiger partial charge in [0.25, 0.3) is 5.91 Å². The van der Waals surface area contributed by atoms with Crippen LogP contribution in [0.3, 0.4) is 0 Å². The molecule has 11 nitrogen and oxygen atoms in total. The van der Waals surface area contributed by atoms with Crippen molar-refractivity contribution in [3.05, 3.63) is 17.8 Å². The molecule has 11 heteroatoms. The zero-order chi connectivity index (χ0) is 23.5. The monoisotopic (exact) mass is 453 g/mol. The molecule has 0 saturated carbocycles. The van der Waals surface area contributed by atoms with E-state index in [1.165, 1.54) is 6.39 Å². The van der Waals surface area contributed by atoms with Gasteiger partial charge in [-0.15, -0.1) is 0 Å². The van der Waals surface area contributed by atoms with E-state index >= 15 is 0 Å². The summed E-state index contributed by atoms with van der Waals surface area (Å²) in [6.45, 7) is 4.81. The number of amides is 2. The van der Waals surface area contributed by atoms with Crippen LogP contribution < -0.4 is 10.6 Å². The second kappa shape index (κ2) is 12.9. The normalized spacial score (nSPS) is 17.6. The van der Waals surface area contributed by atoms with E-state index in [1.54, 1.807) is 21.0 Å². The second-order valence-electron chi connectivity index (χ2n) is 7.77. The van der Waals surface area contributed by atoms with Crippen LogP contribution in [0.1, 0.15) is 31.7 Å². The number of hydrogen-bond donors (Lipinski definition) is 2. The molecule has 32 heavy (non-hydrogen) atoms. The standard InChI is InChI=1S/C21H31N3O8/c1-13(2)18(24-21(28)31-9-8-30-7-6-29-3)16(25)10-14-11-17-15(23-12-32-17)4-5-22-20(27)19(14)26/h12-14,18H,4-11H2,1-3H3,(H,22,27)(H,24,28). The predicted octanol–water partition coefficient (Wildman–Crippen LogP) is 0.448. The van der Waals surface area contributed by atoms with Crippen molar-refractivity contribution in [3.63, 3.8) is 0 Å². The summed E-state index contributed by atoms with van der Waals surface area (Å²) < 4.78 is 20.5. The summed E-state index contributed by atoms with van der Waals surface area (Å²) in [6, 6.07) is -0.880. The van der Waals surface area contributed by atoms with E-state index in [0.717, 1.165) is 0 Å². The lowest BCUT2D eigenvalue weighted by molar-refractivity contribution is -0.141. The summed E-state index contributed by atoms with van der Waals surface area (Å²) in [5, 5.41) is 5.09. The van der Waals surface area contributed by atoms with Gasteiger partial charge >= 0.3 is 6.09 Å². The Hall–Kier alpha value is -2.79. The molecule has 0 aliphatic carbocycles. The molecule has 0 fully saturated rings. The van der Waals surface area contributed by atoms with Crippen LogP contribution in [0.2, 0.25) is 0 Å². The third kappa shape index (κ3) is 7.72. The van der Waals surface area contributed by atoms with Crippen molar-refractivity contribution in [2.75, 3.05) is 40.1 Å². The minimum absolute atomic E-state index is 0.0180. The molecule has 2 N–H and O–H groups in total. The van der Waals surface area contributed by atoms with Crippen molar-refractivity contribution < 1.29 is 37.8 Å². The number of nitrogens with one attached hydrogen (secondary N) is 2. The van der Waals surface area contributed by atoms with Crippen molar-refractivity contribution in [2.45, 2.75) is 39.2 Å². The lowest BCUT2D eigenvalue weighted by atomic mass is 9.87. The van der Waals surface area contributed by atoms with Crippen LogP contribution in [-0.2, 0) is 41.4 Å². The number of ether oxygens (including phenoxy) is 3. The Kier molecular flexibility index (Phi) is 10.3. The molecule has 0 radical (unpaired) electrons. The van der Waals surface area contributed by atoms with Gasteiger partial charge in [0.05, 0.1) is 31.6 Å². The number of methoxy groups -OCH3 is 1. The molecule has 2 amide bonds. The van der Waals surface area contributed by atoms with Gasteiger partial charge in [0.2, 0.25) is 5.78 Å². The fourth-order valence-corrected chi connectivity index (χ4v) is 3.31. The predicted molar refractivity (Wildman–Crippen MR) is 111 cm³/mol. The van der Waals surface area contributed by atoms with Gasteiger partial charge in [-0.1, -0.05) is 13.8 Å². The van der Waals surface area contributed by atoms with E-state index in [1.807, 2.05) is 0 Å². The molecule has 0 aromatic carbocycles. The average molecular weight is 453 g/mol. The molecule has 1 aromatic heterocycles. The number of ketones is 2. The van der Waals surface area contributed by atoms with Crippen molar-refractivity contribution in [1.29, 1.82) is 0 Å². The van der Waals surface area contributed by atoms with Crippen LogP contribution in [0.25, 0.3) is 0 Å². The summed E-state index contributed by atoms with van der Waals surface area (Å²) in [6.07, 6.45) is 0.813. The van der Waals surface area contributed by atoms with Crippen LogP contribution in [0.5, 0.6) is 0 Å². The van der Waals surface area contributed by atoms with Crippen molar-refractivity contribution in [3.8, 4) is 0 Å². The Balaban J connectivity index is 1.97. The third-order valence-corrected chi connectivity index (χ3v) is 5.03. The van der Waals surface area contributed by atoms with E-state index in [-0.39, 0.29) is 44.3 Å². The largest absolute Gasteiger partial charge is 0.448 e. The number of oxazole rings is 1. The van der Waals surface area contributed by atoms with Gasteiger partial charge in [-0.25, -0.2) is 9.78 Å². The van der Waals surface area contributed by atoms with Gasteiger partial charge < -0.3 is 29.3 Å². The van der Waals surface area contributed by atoms with Crippen LogP contribution in [0, 0.1) is 11.8 Å². The SMILES string of the molecule is COCCOCCOC(=O)NC(C(=O)CC1Cc2ocnc2CCNC(=O)C1=O)C(C)C. The number of nitrogens with zero attached hydrogens (tertiary/aromatic N) is 1. The lowest BCUT2D eigenvalue weighted by Gasteiger charge is -2.23. The summed E-state index contributed by atoms with van der Waals surface area (Å²) in [7, 11) is 1.55. The van der Waals surface area contributed by atoms with E-state index < -0.39 is 29.7 Å². The smallest absolute Gasteiger partial charge is 0.407 e. The number of carbonyl (C=O) groups excluding carboxylic acids is 4. The number of rotatable bonds is 11. The highest BCUT2D eigenvalue weighted by atomic mass is 16.6. The number of aromatic nitrogens is 1. The molecule has 1 aromatic rings. The Morgan fingerprint density at radius 3 is 2.72 bits per heavy atom. The number of fused-ring (bicyclic) bond motifs is 1. The number of hydrogen-bond acceptors (Lipinski definition) is 9. The van der Waals surface area contributed by atoms with Crippen LogP contribution in [0.15, 0.2) is 10.8 Å². The van der Waals surface area contributed by atoms with Crippen molar-refractivity contribution >= 4 is 23.6 Å². The molecule has 0 bridgehead atoms. The Morgan fingerprint density at radius 2 is 2.00 bits per heavy atom. The molecule has 0 saturated heterocycles. The minimum Gasteiger partial charge on any atom is -0.448 e. The van der Waals surface area contributed by atoms with Gasteiger partial charge in [0.15, 0.2) is 12.2 Å². The first-order valence-corrected chi connectivity index (χ1v) is 10.6. The zero-order valence-corrected chi connectivity index (χ0v) is 18.7. The van der Waals surface area contributed by atoms with Gasteiger partial charge in [-0.3, -0.25) is 14.4 Å². The minimum atomic E-state index is -0.916. The van der Waals surface area contributed by atoms with Gasteiger partial charge in [-0.2, -0.15) is 0 Å². The average Bonchev–Trinajstić information content (AvgIpc) is 3.20. The Morgan fingerprint density at radius 1 is 1.25 bits per heavy atom. The van der Waals surface area contributed by atoms with E-state index in [2.05, 4.69) is 15.6 Å². The maximum absolute atomic E-state index is 13.0. The highest BCUT2D eigenvalue weighted by Crippen LogP contribution is 2.21. The van der Waals surface area contributed by atoms with Crippen molar-refractivity contribution in [2.24, 2.45) is 11.8 Å². The summed E-state index contributed by atoms with van der Waals surface area (Å²) in [5.74, 6) is -2.50. The van der Waals surface area contributed by atoms with Gasteiger partial charge in [0, 0.05) is 38.8 Å². The maximum Gasteiger partial charge on any atom is 0.407 e. The molecule has 1 aliphatic heterocycles. The zero-order valence-electron chi connectivity index (χ0n) is 18.7. The Bertz CT molecular complexity index is 792. The van der Waals surface area contributed by atoms with Crippen LogP contribution in [0.4, 0.5) is 4.79 Å². The molecule has 2 heterocycles. The lowest BCUT2D eigenvalue weighted by Crippen LogP contribution is -2.46. The quantitative estimate of drug-likeness (QED) is 0.360. The van der Waals surface area contributed by atoms with Gasteiger partial charge in [0.1, 0.15) is 12.4 Å². The molecule has 1 aliphatic rings. The van der Waals surface area contributed by atoms with E-state index in [4.69, 9.17) is 18.6 Å². The second-order valence-corrected chi connectivity index (χ2v) is 7.77. The highest BCUT2D eigenvalue weighted by molar-refractivity contribution is 6.37. The summed E-state index contributed by atoms with van der Waals surface area (Å²) in [4.78, 5) is 54.0. The topological polar surface area (TPSA) is 146 Å². The molecular formula is C21H31N3O8. The summed E-state index contributed by atoms with van der Waals surface area (Å²) >= 11 is 0. The molecule has 2 atom stereocenters. The highest BCUT2D eigenvalue weighted by Gasteiger charge is 2.34. The third-order valence-electron chi connectivity index (χ3n) is 5.03. The molecule has 0 spiro atoms. The van der Waals surface area contributed by atoms with Crippen LogP contribution in [-0.4, -0.2) is 74.7 Å². The molecule has 2 rings (SSSR count). The number of alkyl carbamates (subject to hydrolysis) is 1. The number of carbonyl (C=O) groups is 4. The van der Waals surface area contributed by atoms with E-state index in [9.17, 15) is 19.2 Å². The fourth-order valence-electron chi connectivity index (χ4n) is 3.31. The molecule has 178 valence electrons. The first kappa shape index (κ1) is 25.5. The maximum atomic E-state index is 13.0. The Labute approximate surface area is 186 Å². The number of Topliss-reactive ketones (excluding diaryl/α,β-unsaturated/α-hetero) is 2. The first-order chi connectivity index (χ1) is 15.3. The molecule has 2 unspecified atom stereocenters. The molecular weight excluding hydrogens is 422 g/mol. The van der Waals surface area contributed by atoms with Crippen LogP contribution >= 0.6 is 0 Å². The van der Waals surface area contributed by atoms with Crippen molar-refractivity contribution in [1.82, 2.24) is 15.6 Å². The van der Waals surface area contributed by atoms with Gasteiger partial charge in [-0.05, 0) is 5.92 Å². The summed E-state index contributed by atoms with van der Waals surface area (Å²) in [5.41, 5.74) is 0.646. The first-order valence-electron chi connectivity index (χ1n) is 10.6. The van der Waals surface area contributed by atoms with E-state index in [0.29, 0.717) is 31.1 Å². The fraction of sp³-hybridized carbons (Fsp3) is 0.667.